The van der Waals surface area contributed by atoms with Gasteiger partial charge in [-0.05, 0) is 50.7 Å². The summed E-state index contributed by atoms with van der Waals surface area (Å²) in [6.45, 7) is 2.10. The molecule has 4 rings (SSSR count). The minimum absolute atomic E-state index is 0.216. The summed E-state index contributed by atoms with van der Waals surface area (Å²) in [5.74, 6) is 1.35. The highest BCUT2D eigenvalue weighted by Crippen LogP contribution is 2.33. The molecule has 0 spiro atoms. The van der Waals surface area contributed by atoms with Crippen molar-refractivity contribution in [2.45, 2.75) is 18.9 Å². The minimum atomic E-state index is 0.216. The van der Waals surface area contributed by atoms with Crippen LogP contribution in [0.5, 0.6) is 5.75 Å². The van der Waals surface area contributed by atoms with Gasteiger partial charge in [-0.2, -0.15) is 5.26 Å². The fourth-order valence-electron chi connectivity index (χ4n) is 3.50. The standard InChI is InChI=1S/C22H23N7O/c1-29-7-5-16(6-8-29)27-20-10-21(28-22-14-24-17(11-23)12-25-22)26-13-19(20)15-3-2-4-18(30)9-15/h2-4,9-10,12-14,16,30H,5-8H2,1H3,(H2,25,26,27,28). The van der Waals surface area contributed by atoms with Crippen molar-refractivity contribution < 1.29 is 5.11 Å². The summed E-state index contributed by atoms with van der Waals surface area (Å²) in [5.41, 5.74) is 3.01. The van der Waals surface area contributed by atoms with Crippen molar-refractivity contribution in [3.8, 4) is 22.9 Å². The average molecular weight is 401 g/mol. The molecule has 0 radical (unpaired) electrons. The Kier molecular flexibility index (Phi) is 5.72. The molecule has 1 saturated heterocycles. The number of phenols is 1. The van der Waals surface area contributed by atoms with E-state index in [2.05, 4.69) is 37.5 Å². The van der Waals surface area contributed by atoms with Crippen molar-refractivity contribution >= 4 is 17.3 Å². The van der Waals surface area contributed by atoms with E-state index in [1.165, 1.54) is 12.4 Å². The number of nitrogens with zero attached hydrogens (tertiary/aromatic N) is 5. The van der Waals surface area contributed by atoms with Gasteiger partial charge in [-0.25, -0.2) is 15.0 Å². The molecule has 0 bridgehead atoms. The lowest BCUT2D eigenvalue weighted by molar-refractivity contribution is 0.264. The highest BCUT2D eigenvalue weighted by Gasteiger charge is 2.18. The van der Waals surface area contributed by atoms with E-state index in [1.54, 1.807) is 18.3 Å². The summed E-state index contributed by atoms with van der Waals surface area (Å²) < 4.78 is 0. The summed E-state index contributed by atoms with van der Waals surface area (Å²) >= 11 is 0. The molecule has 30 heavy (non-hydrogen) atoms. The number of hydrogen-bond acceptors (Lipinski definition) is 8. The smallest absolute Gasteiger partial charge is 0.158 e. The third-order valence-electron chi connectivity index (χ3n) is 5.16. The number of hydrogen-bond donors (Lipinski definition) is 3. The maximum atomic E-state index is 9.91. The summed E-state index contributed by atoms with van der Waals surface area (Å²) in [6, 6.07) is 11.4. The minimum Gasteiger partial charge on any atom is -0.508 e. The van der Waals surface area contributed by atoms with Crippen LogP contribution in [0.15, 0.2) is 48.9 Å². The van der Waals surface area contributed by atoms with Gasteiger partial charge in [0.05, 0.1) is 12.4 Å². The van der Waals surface area contributed by atoms with Gasteiger partial charge in [-0.15, -0.1) is 0 Å². The Morgan fingerprint density at radius 1 is 1.07 bits per heavy atom. The fourth-order valence-corrected chi connectivity index (χ4v) is 3.50. The van der Waals surface area contributed by atoms with E-state index in [1.807, 2.05) is 24.3 Å². The second kappa shape index (κ2) is 8.76. The van der Waals surface area contributed by atoms with Crippen molar-refractivity contribution in [1.29, 1.82) is 5.26 Å². The van der Waals surface area contributed by atoms with Crippen LogP contribution >= 0.6 is 0 Å². The molecule has 2 aromatic heterocycles. The molecule has 3 N–H and O–H groups in total. The lowest BCUT2D eigenvalue weighted by Crippen LogP contribution is -2.36. The maximum Gasteiger partial charge on any atom is 0.158 e. The molecule has 1 aliphatic rings. The van der Waals surface area contributed by atoms with Crippen LogP contribution in [0.1, 0.15) is 18.5 Å². The second-order valence-electron chi connectivity index (χ2n) is 7.41. The summed E-state index contributed by atoms with van der Waals surface area (Å²) in [6.07, 6.45) is 6.82. The van der Waals surface area contributed by atoms with Crippen molar-refractivity contribution in [2.75, 3.05) is 30.8 Å². The molecule has 8 heteroatoms. The van der Waals surface area contributed by atoms with E-state index in [-0.39, 0.29) is 11.4 Å². The van der Waals surface area contributed by atoms with Crippen molar-refractivity contribution in [3.63, 3.8) is 0 Å². The Labute approximate surface area is 175 Å². The Balaban J connectivity index is 1.63. The van der Waals surface area contributed by atoms with Gasteiger partial charge in [-0.1, -0.05) is 12.1 Å². The van der Waals surface area contributed by atoms with Gasteiger partial charge in [0.15, 0.2) is 5.69 Å². The number of nitrogens with one attached hydrogen (secondary N) is 2. The van der Waals surface area contributed by atoms with Crippen molar-refractivity contribution in [1.82, 2.24) is 19.9 Å². The van der Waals surface area contributed by atoms with E-state index in [0.717, 1.165) is 42.7 Å². The van der Waals surface area contributed by atoms with E-state index < -0.39 is 0 Å². The molecule has 3 aromatic rings. The van der Waals surface area contributed by atoms with Crippen LogP contribution in [0, 0.1) is 11.3 Å². The van der Waals surface area contributed by atoms with Crippen molar-refractivity contribution in [2.24, 2.45) is 0 Å². The lowest BCUT2D eigenvalue weighted by Gasteiger charge is -2.30. The first kappa shape index (κ1) is 19.6. The number of likely N-dealkylation sites (tertiary alicyclic amines) is 1. The highest BCUT2D eigenvalue weighted by molar-refractivity contribution is 5.80. The number of pyridine rings is 1. The molecule has 0 atom stereocenters. The van der Waals surface area contributed by atoms with E-state index in [0.29, 0.717) is 17.7 Å². The van der Waals surface area contributed by atoms with Crippen LogP contribution in [-0.4, -0.2) is 51.1 Å². The lowest BCUT2D eigenvalue weighted by atomic mass is 10.0. The Bertz CT molecular complexity index is 1050. The molecular formula is C22H23N7O. The fraction of sp³-hybridized carbons (Fsp3) is 0.273. The normalized spacial score (nSPS) is 14.8. The van der Waals surface area contributed by atoms with Gasteiger partial charge in [0.25, 0.3) is 0 Å². The molecule has 0 unspecified atom stereocenters. The molecule has 152 valence electrons. The van der Waals surface area contributed by atoms with E-state index >= 15 is 0 Å². The van der Waals surface area contributed by atoms with Crippen LogP contribution in [0.3, 0.4) is 0 Å². The molecule has 1 aliphatic heterocycles. The van der Waals surface area contributed by atoms with Gasteiger partial charge in [0, 0.05) is 29.6 Å². The third-order valence-corrected chi connectivity index (χ3v) is 5.16. The molecular weight excluding hydrogens is 378 g/mol. The van der Waals surface area contributed by atoms with Crippen LogP contribution in [0.2, 0.25) is 0 Å². The van der Waals surface area contributed by atoms with E-state index in [9.17, 15) is 5.11 Å². The first-order valence-electron chi connectivity index (χ1n) is 9.84. The number of rotatable bonds is 5. The summed E-state index contributed by atoms with van der Waals surface area (Å²) in [4.78, 5) is 15.1. The predicted octanol–water partition coefficient (Wildman–Crippen LogP) is 3.37. The molecule has 3 heterocycles. The van der Waals surface area contributed by atoms with Gasteiger partial charge in [0.2, 0.25) is 0 Å². The van der Waals surface area contributed by atoms with Gasteiger partial charge in [-0.3, -0.25) is 0 Å². The van der Waals surface area contributed by atoms with Gasteiger partial charge in [0.1, 0.15) is 23.5 Å². The molecule has 1 fully saturated rings. The zero-order chi connectivity index (χ0) is 20.9. The monoisotopic (exact) mass is 401 g/mol. The maximum absolute atomic E-state index is 9.91. The van der Waals surface area contributed by atoms with Crippen LogP contribution in [-0.2, 0) is 0 Å². The number of nitriles is 1. The third kappa shape index (κ3) is 4.64. The molecule has 0 amide bonds. The average Bonchev–Trinajstić information content (AvgIpc) is 2.76. The highest BCUT2D eigenvalue weighted by atomic mass is 16.3. The predicted molar refractivity (Wildman–Crippen MR) is 116 cm³/mol. The largest absolute Gasteiger partial charge is 0.508 e. The van der Waals surface area contributed by atoms with Crippen LogP contribution in [0.4, 0.5) is 17.3 Å². The zero-order valence-corrected chi connectivity index (χ0v) is 16.7. The first-order chi connectivity index (χ1) is 14.6. The van der Waals surface area contributed by atoms with Gasteiger partial charge >= 0.3 is 0 Å². The first-order valence-corrected chi connectivity index (χ1v) is 9.84. The molecule has 0 aliphatic carbocycles. The Morgan fingerprint density at radius 3 is 2.57 bits per heavy atom. The summed E-state index contributed by atoms with van der Waals surface area (Å²) in [7, 11) is 2.14. The zero-order valence-electron chi connectivity index (χ0n) is 16.7. The van der Waals surface area contributed by atoms with Crippen LogP contribution in [0.25, 0.3) is 11.1 Å². The summed E-state index contributed by atoms with van der Waals surface area (Å²) in [5, 5.41) is 25.6. The second-order valence-corrected chi connectivity index (χ2v) is 7.41. The molecule has 8 nitrogen and oxygen atoms in total. The van der Waals surface area contributed by atoms with Crippen LogP contribution < -0.4 is 10.6 Å². The Morgan fingerprint density at radius 2 is 1.87 bits per heavy atom. The number of aromatic nitrogens is 3. The number of anilines is 3. The number of piperidine rings is 1. The molecule has 1 aromatic carbocycles. The SMILES string of the molecule is CN1CCC(Nc2cc(Nc3cnc(C#N)cn3)ncc2-c2cccc(O)c2)CC1. The Hall–Kier alpha value is -3.70. The van der Waals surface area contributed by atoms with E-state index in [4.69, 9.17) is 5.26 Å². The number of aromatic hydroxyl groups is 1. The molecule has 0 saturated carbocycles. The number of benzene rings is 1. The van der Waals surface area contributed by atoms with Gasteiger partial charge < -0.3 is 20.6 Å². The van der Waals surface area contributed by atoms with Crippen molar-refractivity contribution in [3.05, 3.63) is 54.6 Å². The topological polar surface area (TPSA) is 110 Å². The quantitative estimate of drug-likeness (QED) is 0.597. The number of phenolic OH excluding ortho intramolecular Hbond substituents is 1.